The van der Waals surface area contributed by atoms with Crippen molar-refractivity contribution < 1.29 is 9.47 Å². The molecule has 0 N–H and O–H groups in total. The van der Waals surface area contributed by atoms with Crippen molar-refractivity contribution in [3.63, 3.8) is 0 Å². The number of benzene rings is 2. The largest absolute Gasteiger partial charge is 0.491 e. The Kier molecular flexibility index (Phi) is 6.93. The molecule has 170 valence electrons. The van der Waals surface area contributed by atoms with Crippen molar-refractivity contribution in [3.8, 4) is 11.5 Å². The smallest absolute Gasteiger partial charge is 0.271 e. The number of alkyl halides is 2. The summed E-state index contributed by atoms with van der Waals surface area (Å²) in [6.45, 7) is 17.9. The Morgan fingerprint density at radius 2 is 0.968 bits per heavy atom. The zero-order valence-corrected chi connectivity index (χ0v) is 21.4. The third-order valence-corrected chi connectivity index (χ3v) is 6.23. The average Bonchev–Trinajstić information content (AvgIpc) is 2.88. The highest BCUT2D eigenvalue weighted by molar-refractivity contribution is 6.51. The van der Waals surface area contributed by atoms with E-state index in [1.165, 1.54) is 0 Å². The fourth-order valence-electron chi connectivity index (χ4n) is 4.47. The second-order valence-corrected chi connectivity index (χ2v) is 10.2. The topological polar surface area (TPSA) is 24.9 Å². The maximum atomic E-state index is 7.06. The summed E-state index contributed by atoms with van der Waals surface area (Å²) in [7, 11) is 0. The molecule has 1 fully saturated rings. The standard InChI is InChI=1S/C25H34Cl2N2O2/c1-15(2)30-21-11-17(5)23(18(6)12-21)28-9-10-29(25(28,26)27)24-19(7)13-22(14-20(24)8)31-16(3)4/h11-16H,9-10H2,1-8H3. The van der Waals surface area contributed by atoms with Gasteiger partial charge in [0.2, 0.25) is 0 Å². The summed E-state index contributed by atoms with van der Waals surface area (Å²) in [5.74, 6) is 1.74. The third kappa shape index (κ3) is 4.85. The minimum Gasteiger partial charge on any atom is -0.491 e. The van der Waals surface area contributed by atoms with E-state index in [4.69, 9.17) is 32.7 Å². The molecular weight excluding hydrogens is 431 g/mol. The van der Waals surface area contributed by atoms with Crippen LogP contribution in [0, 0.1) is 27.7 Å². The molecule has 31 heavy (non-hydrogen) atoms. The van der Waals surface area contributed by atoms with Gasteiger partial charge in [0.05, 0.1) is 12.2 Å². The van der Waals surface area contributed by atoms with E-state index in [1.807, 2.05) is 27.7 Å². The third-order valence-electron chi connectivity index (χ3n) is 5.41. The van der Waals surface area contributed by atoms with Crippen LogP contribution in [0.4, 0.5) is 11.4 Å². The number of nitrogens with zero attached hydrogens (tertiary/aromatic N) is 2. The molecule has 0 unspecified atom stereocenters. The van der Waals surface area contributed by atoms with E-state index in [0.29, 0.717) is 0 Å². The summed E-state index contributed by atoms with van der Waals surface area (Å²) in [5.41, 5.74) is 6.49. The minimum atomic E-state index is -1.20. The molecule has 0 saturated carbocycles. The average molecular weight is 465 g/mol. The summed E-state index contributed by atoms with van der Waals surface area (Å²) in [6, 6.07) is 8.24. The van der Waals surface area contributed by atoms with Gasteiger partial charge in [-0.1, -0.05) is 23.2 Å². The van der Waals surface area contributed by atoms with Crippen LogP contribution in [0.3, 0.4) is 0 Å². The second-order valence-electron chi connectivity index (χ2n) is 8.96. The lowest BCUT2D eigenvalue weighted by atomic mass is 10.1. The molecule has 1 heterocycles. The van der Waals surface area contributed by atoms with E-state index in [-0.39, 0.29) is 12.2 Å². The Morgan fingerprint density at radius 1 is 0.677 bits per heavy atom. The number of ether oxygens (including phenoxy) is 2. The van der Waals surface area contributed by atoms with Gasteiger partial charge in [-0.2, -0.15) is 0 Å². The minimum absolute atomic E-state index is 0.126. The van der Waals surface area contributed by atoms with E-state index in [2.05, 4.69) is 61.8 Å². The predicted octanol–water partition coefficient (Wildman–Crippen LogP) is 6.91. The monoisotopic (exact) mass is 464 g/mol. The highest BCUT2D eigenvalue weighted by Crippen LogP contribution is 2.46. The number of rotatable bonds is 6. The Balaban J connectivity index is 1.97. The maximum absolute atomic E-state index is 7.06. The highest BCUT2D eigenvalue weighted by atomic mass is 35.5. The zero-order chi connectivity index (χ0) is 23.1. The van der Waals surface area contributed by atoms with Crippen molar-refractivity contribution in [1.82, 2.24) is 0 Å². The van der Waals surface area contributed by atoms with Gasteiger partial charge >= 0.3 is 0 Å². The van der Waals surface area contributed by atoms with Crippen molar-refractivity contribution in [2.75, 3.05) is 22.9 Å². The molecule has 4 nitrogen and oxygen atoms in total. The number of hydrogen-bond donors (Lipinski definition) is 0. The fourth-order valence-corrected chi connectivity index (χ4v) is 5.15. The number of aryl methyl sites for hydroxylation is 4. The van der Waals surface area contributed by atoms with Crippen LogP contribution in [0.25, 0.3) is 0 Å². The van der Waals surface area contributed by atoms with Gasteiger partial charge in [-0.3, -0.25) is 0 Å². The first kappa shape index (κ1) is 23.9. The molecule has 0 atom stereocenters. The van der Waals surface area contributed by atoms with Gasteiger partial charge in [0, 0.05) is 24.5 Å². The predicted molar refractivity (Wildman–Crippen MR) is 132 cm³/mol. The van der Waals surface area contributed by atoms with Crippen molar-refractivity contribution in [2.24, 2.45) is 0 Å². The van der Waals surface area contributed by atoms with Crippen LogP contribution >= 0.6 is 23.2 Å². The van der Waals surface area contributed by atoms with Crippen molar-refractivity contribution in [2.45, 2.75) is 72.2 Å². The van der Waals surface area contributed by atoms with Crippen LogP contribution in [0.5, 0.6) is 11.5 Å². The Hall–Kier alpha value is -1.78. The molecule has 3 rings (SSSR count). The normalized spacial score (nSPS) is 15.9. The van der Waals surface area contributed by atoms with E-state index in [1.54, 1.807) is 0 Å². The number of halogens is 2. The molecule has 0 aromatic heterocycles. The summed E-state index contributed by atoms with van der Waals surface area (Å²) in [4.78, 5) is 4.16. The summed E-state index contributed by atoms with van der Waals surface area (Å²) >= 11 is 14.1. The molecule has 0 amide bonds. The van der Waals surface area contributed by atoms with Crippen molar-refractivity contribution in [3.05, 3.63) is 46.5 Å². The summed E-state index contributed by atoms with van der Waals surface area (Å²) in [6.07, 6.45) is 0.251. The SMILES string of the molecule is Cc1cc(OC(C)C)cc(C)c1N1CCN(c2c(C)cc(OC(C)C)cc2C)C1(Cl)Cl. The molecule has 1 saturated heterocycles. The van der Waals surface area contributed by atoms with Gasteiger partial charge in [-0.05, 0) is 102 Å². The van der Waals surface area contributed by atoms with Crippen molar-refractivity contribution in [1.29, 1.82) is 0 Å². The van der Waals surface area contributed by atoms with Crippen molar-refractivity contribution >= 4 is 34.6 Å². The van der Waals surface area contributed by atoms with Gasteiger partial charge in [-0.15, -0.1) is 0 Å². The lowest BCUT2D eigenvalue weighted by Gasteiger charge is -2.38. The van der Waals surface area contributed by atoms with Gasteiger partial charge in [0.15, 0.2) is 0 Å². The molecular formula is C25H34Cl2N2O2. The first-order valence-corrected chi connectivity index (χ1v) is 11.7. The summed E-state index contributed by atoms with van der Waals surface area (Å²) in [5, 5.41) is 0. The summed E-state index contributed by atoms with van der Waals surface area (Å²) < 4.78 is 10.6. The van der Waals surface area contributed by atoms with Crippen LogP contribution in [0.1, 0.15) is 49.9 Å². The zero-order valence-electron chi connectivity index (χ0n) is 19.8. The molecule has 0 aliphatic carbocycles. The Bertz CT molecular complexity index is 835. The lowest BCUT2D eigenvalue weighted by Crippen LogP contribution is -2.45. The molecule has 2 aromatic carbocycles. The lowest BCUT2D eigenvalue weighted by molar-refractivity contribution is 0.242. The quantitative estimate of drug-likeness (QED) is 0.342. The van der Waals surface area contributed by atoms with E-state index >= 15 is 0 Å². The Morgan fingerprint density at radius 3 is 1.23 bits per heavy atom. The van der Waals surface area contributed by atoms with Crippen LogP contribution in [-0.4, -0.2) is 29.9 Å². The molecule has 2 aromatic rings. The number of hydrogen-bond acceptors (Lipinski definition) is 4. The first-order chi connectivity index (χ1) is 14.4. The van der Waals surface area contributed by atoms with E-state index in [9.17, 15) is 0 Å². The number of anilines is 2. The molecule has 6 heteroatoms. The molecule has 0 spiro atoms. The highest BCUT2D eigenvalue weighted by Gasteiger charge is 2.46. The molecule has 1 aliphatic rings. The molecule has 0 bridgehead atoms. The van der Waals surface area contributed by atoms with E-state index in [0.717, 1.165) is 58.2 Å². The van der Waals surface area contributed by atoms with Crippen LogP contribution in [0.2, 0.25) is 0 Å². The van der Waals surface area contributed by atoms with Crippen LogP contribution in [-0.2, 0) is 0 Å². The van der Waals surface area contributed by atoms with Crippen LogP contribution < -0.4 is 19.3 Å². The molecule has 0 radical (unpaired) electrons. The Labute approximate surface area is 197 Å². The first-order valence-electron chi connectivity index (χ1n) is 10.9. The van der Waals surface area contributed by atoms with Gasteiger partial charge in [0.1, 0.15) is 11.5 Å². The van der Waals surface area contributed by atoms with Gasteiger partial charge in [-0.25, -0.2) is 0 Å². The maximum Gasteiger partial charge on any atom is 0.271 e. The van der Waals surface area contributed by atoms with E-state index < -0.39 is 4.58 Å². The van der Waals surface area contributed by atoms with Gasteiger partial charge in [0.25, 0.3) is 4.58 Å². The van der Waals surface area contributed by atoms with Crippen LogP contribution in [0.15, 0.2) is 24.3 Å². The fraction of sp³-hybridized carbons (Fsp3) is 0.520. The molecule has 1 aliphatic heterocycles. The van der Waals surface area contributed by atoms with Gasteiger partial charge < -0.3 is 19.3 Å². The second kappa shape index (κ2) is 8.99.